The molecule has 188 valence electrons. The van der Waals surface area contributed by atoms with Crippen LogP contribution in [0.2, 0.25) is 0 Å². The summed E-state index contributed by atoms with van der Waals surface area (Å²) in [4.78, 5) is 0. The second kappa shape index (κ2) is 33.4. The maximum absolute atomic E-state index is 6.18. The Bertz CT molecular complexity index is 283. The predicted molar refractivity (Wildman–Crippen MR) is 127 cm³/mol. The molecule has 0 aromatic carbocycles. The Morgan fingerprint density at radius 1 is 0.452 bits per heavy atom. The van der Waals surface area contributed by atoms with Crippen LogP contribution >= 0.6 is 0 Å². The molecule has 0 saturated heterocycles. The summed E-state index contributed by atoms with van der Waals surface area (Å²) in [6.07, 6.45) is 28.0. The predicted octanol–water partition coefficient (Wildman–Crippen LogP) is 3.09. The Labute approximate surface area is 219 Å². The molecule has 0 atom stereocenters. The van der Waals surface area contributed by atoms with Gasteiger partial charge >= 0.3 is 195 Å². The summed E-state index contributed by atoms with van der Waals surface area (Å²) in [6, 6.07) is 0. The first-order valence-corrected chi connectivity index (χ1v) is 14.8. The number of nitrogens with zero attached hydrogens (tertiary/aromatic N) is 1. The molecule has 0 fully saturated rings. The molecule has 31 heavy (non-hydrogen) atoms. The SMILES string of the molecule is CCCCCCCCCC[O][Ti+2][N](CCCCCCCC)CCCCCCCC.[Cl-].[Cl-]. The second-order valence-electron chi connectivity index (χ2n) is 8.94. The van der Waals surface area contributed by atoms with Gasteiger partial charge in [0.15, 0.2) is 0 Å². The second-order valence-corrected chi connectivity index (χ2v) is 10.7. The van der Waals surface area contributed by atoms with Crippen molar-refractivity contribution in [2.45, 2.75) is 149 Å². The van der Waals surface area contributed by atoms with Crippen molar-refractivity contribution in [2.24, 2.45) is 0 Å². The van der Waals surface area contributed by atoms with Crippen molar-refractivity contribution in [3.63, 3.8) is 0 Å². The van der Waals surface area contributed by atoms with Gasteiger partial charge in [-0.2, -0.15) is 0 Å². The van der Waals surface area contributed by atoms with E-state index < -0.39 is 0 Å². The van der Waals surface area contributed by atoms with E-state index in [9.17, 15) is 0 Å². The van der Waals surface area contributed by atoms with Gasteiger partial charge in [0.2, 0.25) is 0 Å². The van der Waals surface area contributed by atoms with Gasteiger partial charge in [-0.3, -0.25) is 0 Å². The fourth-order valence-corrected chi connectivity index (χ4v) is 5.25. The van der Waals surface area contributed by atoms with Crippen LogP contribution in [0.15, 0.2) is 0 Å². The van der Waals surface area contributed by atoms with Crippen LogP contribution in [0.4, 0.5) is 0 Å². The average Bonchev–Trinajstić information content (AvgIpc) is 2.73. The first kappa shape index (κ1) is 36.8. The summed E-state index contributed by atoms with van der Waals surface area (Å²) in [5.41, 5.74) is 0. The van der Waals surface area contributed by atoms with Gasteiger partial charge in [0.1, 0.15) is 0 Å². The standard InChI is InChI=1S/C16H34N.C10H21O.2ClH.Ti/c1-3-5-7-9-11-13-15-17-16-14-12-10-8-6-4-2;1-2-3-4-5-6-7-8-9-10-11;;;/h3-16H2,1-2H3;2-10H2,1H3;2*1H;/q2*-1;;;+4/p-2. The number of rotatable bonds is 25. The van der Waals surface area contributed by atoms with Crippen molar-refractivity contribution in [1.29, 1.82) is 0 Å². The zero-order chi connectivity index (χ0) is 21.3. The first-order valence-electron chi connectivity index (χ1n) is 13.5. The van der Waals surface area contributed by atoms with Crippen LogP contribution in [0, 0.1) is 0 Å². The van der Waals surface area contributed by atoms with E-state index >= 15 is 0 Å². The molecule has 0 aromatic heterocycles. The molecular weight excluding hydrogens is 461 g/mol. The topological polar surface area (TPSA) is 12.5 Å². The molecule has 0 aliphatic carbocycles. The van der Waals surface area contributed by atoms with E-state index in [-0.39, 0.29) is 44.6 Å². The van der Waals surface area contributed by atoms with E-state index in [1.54, 1.807) is 0 Å². The van der Waals surface area contributed by atoms with E-state index in [0.717, 1.165) is 6.61 Å². The zero-order valence-electron chi connectivity index (χ0n) is 21.4. The molecule has 0 heterocycles. The van der Waals surface area contributed by atoms with Gasteiger partial charge < -0.3 is 24.8 Å². The average molecular weight is 517 g/mol. The van der Waals surface area contributed by atoms with E-state index in [0.29, 0.717) is 0 Å². The summed E-state index contributed by atoms with van der Waals surface area (Å²) < 4.78 is 8.90. The van der Waals surface area contributed by atoms with Gasteiger partial charge in [-0.15, -0.1) is 0 Å². The van der Waals surface area contributed by atoms with Gasteiger partial charge in [0, 0.05) is 0 Å². The molecule has 0 bridgehead atoms. The fourth-order valence-electron chi connectivity index (χ4n) is 3.81. The smallest absolute Gasteiger partial charge is 1.00 e. The van der Waals surface area contributed by atoms with E-state index in [4.69, 9.17) is 3.32 Å². The molecule has 0 aromatic rings. The minimum absolute atomic E-state index is 0. The van der Waals surface area contributed by atoms with E-state index in [2.05, 4.69) is 24.2 Å². The molecule has 0 unspecified atom stereocenters. The van der Waals surface area contributed by atoms with Crippen LogP contribution in [0.3, 0.4) is 0 Å². The molecule has 0 spiro atoms. The number of unbranched alkanes of at least 4 members (excludes halogenated alkanes) is 17. The molecular formula is C26H55Cl2NOTi. The van der Waals surface area contributed by atoms with E-state index in [1.807, 2.05) is 0 Å². The van der Waals surface area contributed by atoms with Crippen LogP contribution < -0.4 is 24.8 Å². The minimum atomic E-state index is -0.346. The molecule has 0 radical (unpaired) electrons. The van der Waals surface area contributed by atoms with Crippen LogP contribution in [0.25, 0.3) is 0 Å². The molecule has 5 heteroatoms. The Morgan fingerprint density at radius 3 is 1.16 bits per heavy atom. The molecule has 0 saturated carbocycles. The Hall–Kier alpha value is 1.21. The van der Waals surface area contributed by atoms with E-state index in [1.165, 1.54) is 142 Å². The minimum Gasteiger partial charge on any atom is -1.00 e. The van der Waals surface area contributed by atoms with Gasteiger partial charge in [-0.05, 0) is 0 Å². The monoisotopic (exact) mass is 515 g/mol. The maximum atomic E-state index is 6.18. The maximum Gasteiger partial charge on any atom is -1.00 e. The van der Waals surface area contributed by atoms with Gasteiger partial charge in [0.05, 0.1) is 0 Å². The third-order valence-corrected chi connectivity index (χ3v) is 7.48. The Balaban J connectivity index is -0.00000392. The summed E-state index contributed by atoms with van der Waals surface area (Å²) in [5, 5.41) is 0. The molecule has 0 amide bonds. The molecule has 0 aliphatic rings. The zero-order valence-corrected chi connectivity index (χ0v) is 24.4. The summed E-state index contributed by atoms with van der Waals surface area (Å²) in [6.45, 7) is 10.5. The third kappa shape index (κ3) is 31.2. The fraction of sp³-hybridized carbons (Fsp3) is 1.00. The van der Waals surface area contributed by atoms with Crippen LogP contribution in [-0.4, -0.2) is 23.1 Å². The summed E-state index contributed by atoms with van der Waals surface area (Å²) in [7, 11) is 0. The molecule has 0 rings (SSSR count). The molecule has 0 N–H and O–H groups in total. The normalized spacial score (nSPS) is 10.6. The van der Waals surface area contributed by atoms with Gasteiger partial charge in [0.25, 0.3) is 0 Å². The van der Waals surface area contributed by atoms with Crippen LogP contribution in [-0.2, 0) is 23.1 Å². The quantitative estimate of drug-likeness (QED) is 0.137. The number of hydrogen-bond donors (Lipinski definition) is 0. The van der Waals surface area contributed by atoms with Crippen molar-refractivity contribution >= 4 is 0 Å². The van der Waals surface area contributed by atoms with Crippen molar-refractivity contribution in [3.05, 3.63) is 0 Å². The molecule has 0 aliphatic heterocycles. The van der Waals surface area contributed by atoms with Crippen molar-refractivity contribution < 1.29 is 47.9 Å². The number of hydrogen-bond acceptors (Lipinski definition) is 2. The Kier molecular flexibility index (Phi) is 39.6. The van der Waals surface area contributed by atoms with Crippen LogP contribution in [0.5, 0.6) is 0 Å². The molecule has 2 nitrogen and oxygen atoms in total. The van der Waals surface area contributed by atoms with Gasteiger partial charge in [-0.25, -0.2) is 0 Å². The van der Waals surface area contributed by atoms with Crippen molar-refractivity contribution in [3.8, 4) is 0 Å². The first-order chi connectivity index (χ1) is 14.3. The third-order valence-electron chi connectivity index (χ3n) is 5.86. The summed E-state index contributed by atoms with van der Waals surface area (Å²) in [5.74, 6) is 0. The van der Waals surface area contributed by atoms with Crippen molar-refractivity contribution in [2.75, 3.05) is 19.7 Å². The van der Waals surface area contributed by atoms with Crippen LogP contribution in [0.1, 0.15) is 149 Å². The summed E-state index contributed by atoms with van der Waals surface area (Å²) >= 11 is -0.346. The van der Waals surface area contributed by atoms with Crippen molar-refractivity contribution in [1.82, 2.24) is 3.38 Å². The largest absolute Gasteiger partial charge is 1.00 e. The Morgan fingerprint density at radius 2 is 0.774 bits per heavy atom. The van der Waals surface area contributed by atoms with Gasteiger partial charge in [-0.1, -0.05) is 0 Å². The number of halogens is 2.